The number of amides is 2. The largest absolute Gasteiger partial charge is 0.465 e. The molecule has 0 aromatic heterocycles. The molecular formula is C17H19FN2O3. The maximum Gasteiger partial charge on any atom is 0.407 e. The molecule has 2 aliphatic rings. The third kappa shape index (κ3) is 3.36. The van der Waals surface area contributed by atoms with Crippen molar-refractivity contribution in [2.75, 3.05) is 19.6 Å². The van der Waals surface area contributed by atoms with Crippen molar-refractivity contribution in [1.29, 1.82) is 0 Å². The molecule has 2 aliphatic heterocycles. The highest BCUT2D eigenvalue weighted by Crippen LogP contribution is 2.25. The van der Waals surface area contributed by atoms with Crippen LogP contribution in [-0.2, 0) is 11.3 Å². The van der Waals surface area contributed by atoms with E-state index in [1.165, 1.54) is 11.0 Å². The predicted molar refractivity (Wildman–Crippen MR) is 83.2 cm³/mol. The van der Waals surface area contributed by atoms with Gasteiger partial charge < -0.3 is 14.9 Å². The topological polar surface area (TPSA) is 60.9 Å². The van der Waals surface area contributed by atoms with Crippen molar-refractivity contribution in [3.63, 3.8) is 0 Å². The SMILES string of the molecule is O=C(O)N1CC=C(c2ccc(CN3CCCC3=O)c(F)c2)CC1. The van der Waals surface area contributed by atoms with Gasteiger partial charge in [-0.1, -0.05) is 18.2 Å². The summed E-state index contributed by atoms with van der Waals surface area (Å²) in [7, 11) is 0. The van der Waals surface area contributed by atoms with Crippen LogP contribution >= 0.6 is 0 Å². The standard InChI is InChI=1S/C17H19FN2O3/c18-15-10-13(12-5-8-19(9-6-12)17(22)23)3-4-14(15)11-20-7-1-2-16(20)21/h3-5,10H,1-2,6-9,11H2,(H,22,23). The Balaban J connectivity index is 1.72. The average Bonchev–Trinajstić information content (AvgIpc) is 2.94. The molecule has 0 saturated carbocycles. The molecule has 0 bridgehead atoms. The van der Waals surface area contributed by atoms with Gasteiger partial charge in [0.2, 0.25) is 5.91 Å². The van der Waals surface area contributed by atoms with Crippen LogP contribution in [0.3, 0.4) is 0 Å². The van der Waals surface area contributed by atoms with Crippen molar-refractivity contribution in [2.45, 2.75) is 25.8 Å². The number of halogens is 1. The van der Waals surface area contributed by atoms with Gasteiger partial charge >= 0.3 is 6.09 Å². The van der Waals surface area contributed by atoms with Crippen LogP contribution in [0.5, 0.6) is 0 Å². The number of rotatable bonds is 3. The minimum absolute atomic E-state index is 0.0808. The van der Waals surface area contributed by atoms with Crippen molar-refractivity contribution in [3.8, 4) is 0 Å². The van der Waals surface area contributed by atoms with Gasteiger partial charge in [0.25, 0.3) is 0 Å². The van der Waals surface area contributed by atoms with Crippen LogP contribution in [-0.4, -0.2) is 46.5 Å². The predicted octanol–water partition coefficient (Wildman–Crippen LogP) is 2.72. The van der Waals surface area contributed by atoms with Gasteiger partial charge in [0, 0.05) is 38.2 Å². The fourth-order valence-corrected chi connectivity index (χ4v) is 3.06. The van der Waals surface area contributed by atoms with Gasteiger partial charge in [-0.15, -0.1) is 0 Å². The van der Waals surface area contributed by atoms with E-state index >= 15 is 0 Å². The number of hydrogen-bond acceptors (Lipinski definition) is 2. The highest BCUT2D eigenvalue weighted by molar-refractivity contribution is 5.78. The Labute approximate surface area is 134 Å². The lowest BCUT2D eigenvalue weighted by atomic mass is 9.98. The summed E-state index contributed by atoms with van der Waals surface area (Å²) < 4.78 is 14.3. The fourth-order valence-electron chi connectivity index (χ4n) is 3.06. The van der Waals surface area contributed by atoms with E-state index in [1.807, 2.05) is 12.1 Å². The second-order valence-corrected chi connectivity index (χ2v) is 5.93. The van der Waals surface area contributed by atoms with Gasteiger partial charge in [-0.05, 0) is 30.0 Å². The molecule has 2 heterocycles. The Morgan fingerprint density at radius 3 is 2.65 bits per heavy atom. The maximum absolute atomic E-state index is 14.3. The lowest BCUT2D eigenvalue weighted by Crippen LogP contribution is -2.33. The van der Waals surface area contributed by atoms with Gasteiger partial charge in [-0.3, -0.25) is 4.79 Å². The molecule has 5 nitrogen and oxygen atoms in total. The maximum atomic E-state index is 14.3. The van der Waals surface area contributed by atoms with Crippen LogP contribution in [0.2, 0.25) is 0 Å². The summed E-state index contributed by atoms with van der Waals surface area (Å²) in [6, 6.07) is 5.06. The Morgan fingerprint density at radius 1 is 1.26 bits per heavy atom. The summed E-state index contributed by atoms with van der Waals surface area (Å²) in [5, 5.41) is 8.94. The molecule has 0 spiro atoms. The first-order valence-corrected chi connectivity index (χ1v) is 7.78. The van der Waals surface area contributed by atoms with Crippen LogP contribution in [0, 0.1) is 5.82 Å². The quantitative estimate of drug-likeness (QED) is 0.932. The summed E-state index contributed by atoms with van der Waals surface area (Å²) in [5.41, 5.74) is 2.27. The van der Waals surface area contributed by atoms with Gasteiger partial charge in [0.1, 0.15) is 5.82 Å². The van der Waals surface area contributed by atoms with E-state index in [1.54, 1.807) is 11.0 Å². The minimum atomic E-state index is -0.933. The summed E-state index contributed by atoms with van der Waals surface area (Å²) in [5.74, 6) is -0.235. The zero-order valence-corrected chi connectivity index (χ0v) is 12.8. The number of nitrogens with zero attached hydrogens (tertiary/aromatic N) is 2. The second kappa shape index (κ2) is 6.40. The molecule has 2 amide bonds. The molecule has 0 aliphatic carbocycles. The molecule has 1 fully saturated rings. The lowest BCUT2D eigenvalue weighted by Gasteiger charge is -2.24. The van der Waals surface area contributed by atoms with Crippen LogP contribution in [0.15, 0.2) is 24.3 Å². The monoisotopic (exact) mass is 318 g/mol. The first-order valence-electron chi connectivity index (χ1n) is 7.78. The first kappa shape index (κ1) is 15.5. The summed E-state index contributed by atoms with van der Waals surface area (Å²) >= 11 is 0. The molecule has 0 unspecified atom stereocenters. The molecule has 6 heteroatoms. The molecule has 122 valence electrons. The van der Waals surface area contributed by atoms with E-state index in [4.69, 9.17) is 5.11 Å². The molecular weight excluding hydrogens is 299 g/mol. The minimum Gasteiger partial charge on any atom is -0.465 e. The number of likely N-dealkylation sites (tertiary alicyclic amines) is 1. The number of benzene rings is 1. The molecule has 3 rings (SSSR count). The van der Waals surface area contributed by atoms with E-state index in [2.05, 4.69) is 0 Å². The zero-order valence-electron chi connectivity index (χ0n) is 12.8. The number of carboxylic acid groups (broad SMARTS) is 1. The van der Waals surface area contributed by atoms with E-state index < -0.39 is 6.09 Å². The van der Waals surface area contributed by atoms with Crippen LogP contribution in [0.25, 0.3) is 5.57 Å². The first-order chi connectivity index (χ1) is 11.0. The van der Waals surface area contributed by atoms with Crippen molar-refractivity contribution >= 4 is 17.6 Å². The summed E-state index contributed by atoms with van der Waals surface area (Å²) in [6.07, 6.45) is 2.86. The number of carbonyl (C=O) groups excluding carboxylic acids is 1. The van der Waals surface area contributed by atoms with Gasteiger partial charge in [0.15, 0.2) is 0 Å². The highest BCUT2D eigenvalue weighted by atomic mass is 19.1. The molecule has 0 atom stereocenters. The highest BCUT2D eigenvalue weighted by Gasteiger charge is 2.22. The van der Waals surface area contributed by atoms with Crippen LogP contribution in [0.1, 0.15) is 30.4 Å². The average molecular weight is 318 g/mol. The zero-order chi connectivity index (χ0) is 16.4. The van der Waals surface area contributed by atoms with E-state index in [0.717, 1.165) is 17.6 Å². The normalized spacial score (nSPS) is 18.3. The molecule has 1 aromatic carbocycles. The van der Waals surface area contributed by atoms with Crippen molar-refractivity contribution in [3.05, 3.63) is 41.2 Å². The van der Waals surface area contributed by atoms with Crippen molar-refractivity contribution in [1.82, 2.24) is 9.80 Å². The Morgan fingerprint density at radius 2 is 2.09 bits per heavy atom. The van der Waals surface area contributed by atoms with Gasteiger partial charge in [-0.25, -0.2) is 9.18 Å². The van der Waals surface area contributed by atoms with Gasteiger partial charge in [-0.2, -0.15) is 0 Å². The Bertz CT molecular complexity index is 672. The van der Waals surface area contributed by atoms with Crippen LogP contribution in [0.4, 0.5) is 9.18 Å². The molecule has 1 saturated heterocycles. The molecule has 23 heavy (non-hydrogen) atoms. The van der Waals surface area contributed by atoms with Gasteiger partial charge in [0.05, 0.1) is 0 Å². The lowest BCUT2D eigenvalue weighted by molar-refractivity contribution is -0.128. The molecule has 1 aromatic rings. The fraction of sp³-hybridized carbons (Fsp3) is 0.412. The van der Waals surface area contributed by atoms with Crippen molar-refractivity contribution in [2.24, 2.45) is 0 Å². The van der Waals surface area contributed by atoms with Crippen molar-refractivity contribution < 1.29 is 19.1 Å². The molecule has 1 N–H and O–H groups in total. The number of carbonyl (C=O) groups is 2. The smallest absolute Gasteiger partial charge is 0.407 e. The van der Waals surface area contributed by atoms with E-state index in [9.17, 15) is 14.0 Å². The van der Waals surface area contributed by atoms with Crippen LogP contribution < -0.4 is 0 Å². The summed E-state index contributed by atoms with van der Waals surface area (Å²) in [4.78, 5) is 25.5. The van der Waals surface area contributed by atoms with E-state index in [-0.39, 0.29) is 11.7 Å². The Kier molecular flexibility index (Phi) is 4.32. The number of hydrogen-bond donors (Lipinski definition) is 1. The molecule has 0 radical (unpaired) electrons. The Hall–Kier alpha value is -2.37. The summed E-state index contributed by atoms with van der Waals surface area (Å²) in [6.45, 7) is 1.76. The second-order valence-electron chi connectivity index (χ2n) is 5.93. The van der Waals surface area contributed by atoms with E-state index in [0.29, 0.717) is 44.6 Å². The third-order valence-electron chi connectivity index (χ3n) is 4.44. The third-order valence-corrected chi connectivity index (χ3v) is 4.44.